The first-order chi connectivity index (χ1) is 9.65. The Bertz CT molecular complexity index is 815. The molecule has 3 aromatic rings. The minimum absolute atomic E-state index is 0.0913. The van der Waals surface area contributed by atoms with Crippen LogP contribution in [0.5, 0.6) is 0 Å². The Balaban J connectivity index is 2.07. The van der Waals surface area contributed by atoms with Crippen LogP contribution in [0.4, 0.5) is 0 Å². The van der Waals surface area contributed by atoms with Crippen molar-refractivity contribution in [3.63, 3.8) is 0 Å². The van der Waals surface area contributed by atoms with Crippen molar-refractivity contribution in [3.8, 4) is 11.3 Å². The highest BCUT2D eigenvalue weighted by Gasteiger charge is 2.12. The van der Waals surface area contributed by atoms with Crippen LogP contribution in [0.15, 0.2) is 29.3 Å². The van der Waals surface area contributed by atoms with E-state index in [-0.39, 0.29) is 18.4 Å². The highest BCUT2D eigenvalue weighted by atomic mass is 16.4. The average Bonchev–Trinajstić information content (AvgIpc) is 3.05. The second kappa shape index (κ2) is 4.65. The lowest BCUT2D eigenvalue weighted by Gasteiger charge is -1.99. The summed E-state index contributed by atoms with van der Waals surface area (Å²) in [5, 5.41) is 15.3. The van der Waals surface area contributed by atoms with E-state index in [0.29, 0.717) is 17.3 Å². The molecule has 0 radical (unpaired) electrons. The third kappa shape index (κ3) is 2.07. The van der Waals surface area contributed by atoms with Crippen molar-refractivity contribution in [1.29, 1.82) is 0 Å². The number of rotatable bonds is 4. The molecular formula is C12H11N5O3. The fourth-order valence-corrected chi connectivity index (χ4v) is 1.99. The van der Waals surface area contributed by atoms with Crippen molar-refractivity contribution < 1.29 is 9.90 Å². The zero-order valence-electron chi connectivity index (χ0n) is 10.3. The number of hydrogen-bond acceptors (Lipinski definition) is 4. The van der Waals surface area contributed by atoms with E-state index in [9.17, 15) is 9.59 Å². The molecule has 0 unspecified atom stereocenters. The molecule has 0 atom stereocenters. The molecule has 0 saturated heterocycles. The number of carboxylic acids is 1. The number of carbonyl (C=O) groups is 1. The number of H-pyrrole nitrogens is 2. The maximum Gasteiger partial charge on any atom is 0.303 e. The smallest absolute Gasteiger partial charge is 0.303 e. The number of aromatic nitrogens is 5. The van der Waals surface area contributed by atoms with E-state index < -0.39 is 5.97 Å². The summed E-state index contributed by atoms with van der Waals surface area (Å²) in [6, 6.07) is 3.20. The van der Waals surface area contributed by atoms with Crippen LogP contribution in [-0.4, -0.2) is 35.6 Å². The predicted octanol–water partition coefficient (Wildman–Crippen LogP) is 0.430. The molecule has 0 spiro atoms. The van der Waals surface area contributed by atoms with Gasteiger partial charge in [-0.2, -0.15) is 5.10 Å². The number of carboxylic acid groups (broad SMARTS) is 1. The molecule has 0 aliphatic rings. The van der Waals surface area contributed by atoms with Crippen molar-refractivity contribution in [2.45, 2.75) is 12.8 Å². The zero-order valence-corrected chi connectivity index (χ0v) is 10.3. The molecule has 102 valence electrons. The summed E-state index contributed by atoms with van der Waals surface area (Å²) in [4.78, 5) is 29.9. The van der Waals surface area contributed by atoms with Gasteiger partial charge in [-0.1, -0.05) is 0 Å². The third-order valence-corrected chi connectivity index (χ3v) is 2.92. The van der Waals surface area contributed by atoms with E-state index in [1.165, 1.54) is 10.5 Å². The average molecular weight is 273 g/mol. The van der Waals surface area contributed by atoms with Crippen LogP contribution in [0.3, 0.4) is 0 Å². The van der Waals surface area contributed by atoms with Gasteiger partial charge in [-0.3, -0.25) is 9.59 Å². The molecule has 0 saturated carbocycles. The topological polar surface area (TPSA) is 116 Å². The zero-order chi connectivity index (χ0) is 14.1. The van der Waals surface area contributed by atoms with E-state index in [4.69, 9.17) is 5.11 Å². The third-order valence-electron chi connectivity index (χ3n) is 2.92. The Labute approximate surface area is 112 Å². The van der Waals surface area contributed by atoms with Gasteiger partial charge in [0.15, 0.2) is 0 Å². The standard InChI is InChI=1S/C12H11N5O3/c18-10-5-8(7-3-4-13-6-7)14-12-16-15-9(17(10)12)1-2-11(19)20/h3-6,13H,1-2H2,(H,14,16)(H,19,20). The van der Waals surface area contributed by atoms with Crippen LogP contribution < -0.4 is 5.56 Å². The van der Waals surface area contributed by atoms with Crippen LogP contribution in [0.25, 0.3) is 17.0 Å². The van der Waals surface area contributed by atoms with Gasteiger partial charge in [-0.05, 0) is 6.07 Å². The largest absolute Gasteiger partial charge is 0.481 e. The van der Waals surface area contributed by atoms with Gasteiger partial charge in [0.2, 0.25) is 5.78 Å². The van der Waals surface area contributed by atoms with E-state index in [2.05, 4.69) is 20.2 Å². The lowest BCUT2D eigenvalue weighted by molar-refractivity contribution is -0.137. The number of aromatic amines is 2. The molecule has 0 amide bonds. The minimum Gasteiger partial charge on any atom is -0.481 e. The van der Waals surface area contributed by atoms with Gasteiger partial charge >= 0.3 is 5.97 Å². The van der Waals surface area contributed by atoms with Crippen molar-refractivity contribution in [2.24, 2.45) is 0 Å². The molecular weight excluding hydrogens is 262 g/mol. The molecule has 0 aliphatic heterocycles. The van der Waals surface area contributed by atoms with Gasteiger partial charge < -0.3 is 10.1 Å². The molecule has 0 bridgehead atoms. The number of nitrogens with zero attached hydrogens (tertiary/aromatic N) is 3. The van der Waals surface area contributed by atoms with Crippen LogP contribution >= 0.6 is 0 Å². The van der Waals surface area contributed by atoms with Crippen LogP contribution in [0.1, 0.15) is 12.2 Å². The van der Waals surface area contributed by atoms with Crippen LogP contribution in [-0.2, 0) is 11.2 Å². The summed E-state index contributed by atoms with van der Waals surface area (Å²) < 4.78 is 1.29. The summed E-state index contributed by atoms with van der Waals surface area (Å²) >= 11 is 0. The van der Waals surface area contributed by atoms with Crippen molar-refractivity contribution >= 4 is 11.7 Å². The number of nitrogens with one attached hydrogen (secondary N) is 2. The quantitative estimate of drug-likeness (QED) is 0.637. The predicted molar refractivity (Wildman–Crippen MR) is 69.4 cm³/mol. The van der Waals surface area contributed by atoms with Gasteiger partial charge in [0, 0.05) is 30.4 Å². The van der Waals surface area contributed by atoms with Crippen molar-refractivity contribution in [3.05, 3.63) is 40.7 Å². The number of fused-ring (bicyclic) bond motifs is 1. The van der Waals surface area contributed by atoms with E-state index in [0.717, 1.165) is 5.56 Å². The molecule has 0 aromatic carbocycles. The van der Waals surface area contributed by atoms with E-state index in [1.807, 2.05) is 0 Å². The molecule has 0 fully saturated rings. The van der Waals surface area contributed by atoms with Crippen molar-refractivity contribution in [2.75, 3.05) is 0 Å². The Morgan fingerprint density at radius 3 is 3.00 bits per heavy atom. The number of aliphatic carboxylic acids is 1. The molecule has 3 N–H and O–H groups in total. The summed E-state index contributed by atoms with van der Waals surface area (Å²) in [6.07, 6.45) is 3.55. The Kier molecular flexibility index (Phi) is 2.82. The van der Waals surface area contributed by atoms with Gasteiger partial charge in [0.25, 0.3) is 5.56 Å². The Morgan fingerprint density at radius 2 is 2.30 bits per heavy atom. The van der Waals surface area contributed by atoms with Gasteiger partial charge in [0.1, 0.15) is 5.82 Å². The molecule has 8 heteroatoms. The highest BCUT2D eigenvalue weighted by molar-refractivity contribution is 5.67. The fraction of sp³-hybridized carbons (Fsp3) is 0.167. The highest BCUT2D eigenvalue weighted by Crippen LogP contribution is 2.14. The van der Waals surface area contributed by atoms with E-state index in [1.54, 1.807) is 18.5 Å². The number of aryl methyl sites for hydroxylation is 1. The summed E-state index contributed by atoms with van der Waals surface area (Å²) in [6.45, 7) is 0. The maximum atomic E-state index is 12.1. The monoisotopic (exact) mass is 273 g/mol. The second-order valence-corrected chi connectivity index (χ2v) is 4.27. The van der Waals surface area contributed by atoms with E-state index >= 15 is 0 Å². The summed E-state index contributed by atoms with van der Waals surface area (Å²) in [5.41, 5.74) is 1.04. The Hall–Kier alpha value is -2.90. The lowest BCUT2D eigenvalue weighted by atomic mass is 10.2. The molecule has 3 aromatic heterocycles. The molecule has 20 heavy (non-hydrogen) atoms. The van der Waals surface area contributed by atoms with Crippen molar-refractivity contribution in [1.82, 2.24) is 24.6 Å². The first-order valence-corrected chi connectivity index (χ1v) is 5.97. The van der Waals surface area contributed by atoms with Gasteiger partial charge in [-0.25, -0.2) is 14.5 Å². The fourth-order valence-electron chi connectivity index (χ4n) is 1.99. The minimum atomic E-state index is -0.939. The summed E-state index contributed by atoms with van der Waals surface area (Å²) in [5.74, 6) is -0.277. The lowest BCUT2D eigenvalue weighted by Crippen LogP contribution is -2.16. The normalized spacial score (nSPS) is 11.0. The van der Waals surface area contributed by atoms with Gasteiger partial charge in [-0.15, -0.1) is 0 Å². The maximum absolute atomic E-state index is 12.1. The molecule has 3 rings (SSSR count). The Morgan fingerprint density at radius 1 is 1.45 bits per heavy atom. The molecule has 0 aliphatic carbocycles. The first kappa shape index (κ1) is 12.2. The molecule has 8 nitrogen and oxygen atoms in total. The number of hydrogen-bond donors (Lipinski definition) is 3. The van der Waals surface area contributed by atoms with Crippen LogP contribution in [0.2, 0.25) is 0 Å². The van der Waals surface area contributed by atoms with Crippen LogP contribution in [0, 0.1) is 0 Å². The molecule has 3 heterocycles. The second-order valence-electron chi connectivity index (χ2n) is 4.27. The first-order valence-electron chi connectivity index (χ1n) is 5.97. The summed E-state index contributed by atoms with van der Waals surface area (Å²) in [7, 11) is 0. The SMILES string of the molecule is O=C(O)CCc1n[nH]c2nc(-c3cc[nH]c3)cc(=O)n12. The van der Waals surface area contributed by atoms with Gasteiger partial charge in [0.05, 0.1) is 12.1 Å².